The number of carbonyl (C=O) groups excluding carboxylic acids is 1. The average Bonchev–Trinajstić information content (AvgIpc) is 2.61. The fraction of sp³-hybridized carbons (Fsp3) is 0.167. The zero-order valence-corrected chi connectivity index (χ0v) is 13.3. The van der Waals surface area contributed by atoms with Gasteiger partial charge in [0.05, 0.1) is 11.8 Å². The summed E-state index contributed by atoms with van der Waals surface area (Å²) >= 11 is 0. The summed E-state index contributed by atoms with van der Waals surface area (Å²) in [7, 11) is -1.42. The van der Waals surface area contributed by atoms with Crippen LogP contribution in [-0.2, 0) is 22.3 Å². The number of ether oxygens (including phenoxy) is 1. The minimum Gasteiger partial charge on any atom is -0.444 e. The molecule has 0 aliphatic carbocycles. The number of benzene rings is 2. The lowest BCUT2D eigenvalue weighted by molar-refractivity contribution is 0.115. The third-order valence-electron chi connectivity index (χ3n) is 3.56. The van der Waals surface area contributed by atoms with E-state index >= 15 is 0 Å². The first-order chi connectivity index (χ1) is 11.3. The molecule has 0 spiro atoms. The molecule has 0 bridgehead atoms. The Hall–Kier alpha value is -2.40. The fourth-order valence-corrected chi connectivity index (χ4v) is 3.53. The fourth-order valence-electron chi connectivity index (χ4n) is 2.43. The summed E-state index contributed by atoms with van der Waals surface area (Å²) in [5.74, 6) is 0.323. The van der Waals surface area contributed by atoms with Crippen LogP contribution in [0, 0.1) is 0 Å². The Bertz CT molecular complexity index is 716. The van der Waals surface area contributed by atoms with Crippen molar-refractivity contribution in [1.29, 1.82) is 0 Å². The summed E-state index contributed by atoms with van der Waals surface area (Å²) in [5.41, 5.74) is 1.81. The van der Waals surface area contributed by atoms with Gasteiger partial charge in [0.1, 0.15) is 17.6 Å². The van der Waals surface area contributed by atoms with Crippen LogP contribution >= 0.6 is 0 Å². The van der Waals surface area contributed by atoms with Crippen LogP contribution in [0.5, 0.6) is 0 Å². The van der Waals surface area contributed by atoms with Crippen molar-refractivity contribution in [3.63, 3.8) is 0 Å². The molecule has 2 aromatic carbocycles. The van der Waals surface area contributed by atoms with E-state index in [0.29, 0.717) is 5.75 Å². The van der Waals surface area contributed by atoms with Crippen LogP contribution in [0.2, 0.25) is 0 Å². The van der Waals surface area contributed by atoms with E-state index in [2.05, 4.69) is 0 Å². The highest BCUT2D eigenvalue weighted by molar-refractivity contribution is 7.83. The van der Waals surface area contributed by atoms with Crippen molar-refractivity contribution in [1.82, 2.24) is 4.31 Å². The average molecular weight is 327 g/mol. The van der Waals surface area contributed by atoms with Gasteiger partial charge in [0.2, 0.25) is 0 Å². The van der Waals surface area contributed by atoms with Crippen LogP contribution in [0.25, 0.3) is 0 Å². The lowest BCUT2D eigenvalue weighted by atomic mass is 10.1. The molecule has 118 valence electrons. The maximum Gasteiger partial charge on any atom is 0.422 e. The molecule has 23 heavy (non-hydrogen) atoms. The van der Waals surface area contributed by atoms with E-state index < -0.39 is 17.1 Å². The van der Waals surface area contributed by atoms with Crippen LogP contribution in [0.15, 0.2) is 72.8 Å². The van der Waals surface area contributed by atoms with Crippen LogP contribution in [0.4, 0.5) is 4.79 Å². The molecule has 1 aliphatic heterocycles. The van der Waals surface area contributed by atoms with Gasteiger partial charge in [0.15, 0.2) is 0 Å². The number of hydrogen-bond acceptors (Lipinski definition) is 3. The Morgan fingerprint density at radius 1 is 1.09 bits per heavy atom. The van der Waals surface area contributed by atoms with Gasteiger partial charge in [0, 0.05) is 0 Å². The van der Waals surface area contributed by atoms with Crippen molar-refractivity contribution in [3.8, 4) is 0 Å². The molecule has 3 rings (SSSR count). The smallest absolute Gasteiger partial charge is 0.422 e. The molecule has 5 heteroatoms. The summed E-state index contributed by atoms with van der Waals surface area (Å²) in [4.78, 5) is 12.4. The molecule has 0 fully saturated rings. The lowest BCUT2D eigenvalue weighted by Gasteiger charge is -2.30. The minimum atomic E-state index is -1.42. The van der Waals surface area contributed by atoms with Gasteiger partial charge in [0.25, 0.3) is 0 Å². The molecule has 2 aromatic rings. The van der Waals surface area contributed by atoms with Crippen LogP contribution in [0.1, 0.15) is 17.2 Å². The van der Waals surface area contributed by atoms with Gasteiger partial charge in [-0.15, -0.1) is 0 Å². The van der Waals surface area contributed by atoms with E-state index in [9.17, 15) is 9.00 Å². The largest absolute Gasteiger partial charge is 0.444 e. The van der Waals surface area contributed by atoms with Gasteiger partial charge in [-0.2, -0.15) is 0 Å². The van der Waals surface area contributed by atoms with Gasteiger partial charge in [-0.25, -0.2) is 13.3 Å². The topological polar surface area (TPSA) is 46.6 Å². The van der Waals surface area contributed by atoms with E-state index in [1.165, 1.54) is 4.31 Å². The van der Waals surface area contributed by atoms with Gasteiger partial charge in [-0.3, -0.25) is 0 Å². The first kappa shape index (κ1) is 15.5. The molecule has 0 saturated carbocycles. The highest BCUT2D eigenvalue weighted by atomic mass is 32.2. The molecule has 0 saturated heterocycles. The minimum absolute atomic E-state index is 0.165. The highest BCUT2D eigenvalue weighted by Crippen LogP contribution is 2.28. The number of rotatable bonds is 3. The molecule has 0 aromatic heterocycles. The van der Waals surface area contributed by atoms with Crippen molar-refractivity contribution in [2.75, 3.05) is 5.75 Å². The molecule has 0 radical (unpaired) electrons. The van der Waals surface area contributed by atoms with Crippen molar-refractivity contribution in [2.24, 2.45) is 0 Å². The molecule has 1 amide bonds. The molecule has 0 unspecified atom stereocenters. The van der Waals surface area contributed by atoms with E-state index in [1.54, 1.807) is 0 Å². The van der Waals surface area contributed by atoms with E-state index in [0.717, 1.165) is 11.1 Å². The van der Waals surface area contributed by atoms with Crippen LogP contribution < -0.4 is 0 Å². The quantitative estimate of drug-likeness (QED) is 0.809. The number of nitrogens with zero attached hydrogens (tertiary/aromatic N) is 1. The van der Waals surface area contributed by atoms with Crippen molar-refractivity contribution in [2.45, 2.75) is 12.6 Å². The second kappa shape index (κ2) is 7.24. The second-order valence-corrected chi connectivity index (χ2v) is 6.51. The summed E-state index contributed by atoms with van der Waals surface area (Å²) < 4.78 is 19.0. The third kappa shape index (κ3) is 3.68. The molecular weight excluding hydrogens is 310 g/mol. The van der Waals surface area contributed by atoms with E-state index in [4.69, 9.17) is 4.74 Å². The standard InChI is InChI=1S/C18H17NO3S/c20-18(22-14-15-8-3-1-4-9-15)19-17(12-7-13-23(19)21)16-10-5-2-6-11-16/h1-12,17H,13-14H2/t17-,23-/m1/s1. The predicted molar refractivity (Wildman–Crippen MR) is 89.8 cm³/mol. The Labute approximate surface area is 138 Å². The lowest BCUT2D eigenvalue weighted by Crippen LogP contribution is -2.39. The van der Waals surface area contributed by atoms with Crippen molar-refractivity contribution >= 4 is 17.1 Å². The maximum atomic E-state index is 12.4. The number of carbonyl (C=O) groups is 1. The zero-order valence-electron chi connectivity index (χ0n) is 12.5. The number of hydrogen-bond donors (Lipinski definition) is 0. The normalized spacial score (nSPS) is 20.3. The van der Waals surface area contributed by atoms with Crippen molar-refractivity contribution < 1.29 is 13.7 Å². The van der Waals surface area contributed by atoms with Crippen LogP contribution in [0.3, 0.4) is 0 Å². The molecule has 1 aliphatic rings. The van der Waals surface area contributed by atoms with Gasteiger partial charge >= 0.3 is 6.09 Å². The SMILES string of the molecule is O=C(OCc1ccccc1)N1[C@@H](c2ccccc2)C=CC[S@]1=O. The summed E-state index contributed by atoms with van der Waals surface area (Å²) in [6.07, 6.45) is 3.17. The first-order valence-corrected chi connectivity index (χ1v) is 8.63. The molecule has 0 N–H and O–H groups in total. The summed E-state index contributed by atoms with van der Waals surface area (Å²) in [5, 5.41) is 0. The van der Waals surface area contributed by atoms with Crippen molar-refractivity contribution in [3.05, 3.63) is 83.9 Å². The number of amides is 1. The zero-order chi connectivity index (χ0) is 16.1. The maximum absolute atomic E-state index is 12.4. The highest BCUT2D eigenvalue weighted by Gasteiger charge is 2.31. The molecular formula is C18H17NO3S. The van der Waals surface area contributed by atoms with Gasteiger partial charge in [-0.05, 0) is 11.1 Å². The Morgan fingerprint density at radius 2 is 1.74 bits per heavy atom. The first-order valence-electron chi connectivity index (χ1n) is 7.36. The monoisotopic (exact) mass is 327 g/mol. The summed E-state index contributed by atoms with van der Waals surface area (Å²) in [6.45, 7) is 0.165. The Kier molecular flexibility index (Phi) is 4.88. The van der Waals surface area contributed by atoms with Gasteiger partial charge < -0.3 is 4.74 Å². The van der Waals surface area contributed by atoms with E-state index in [1.807, 2.05) is 72.8 Å². The summed E-state index contributed by atoms with van der Waals surface area (Å²) in [6, 6.07) is 18.6. The second-order valence-electron chi connectivity index (χ2n) is 5.14. The Morgan fingerprint density at radius 3 is 2.43 bits per heavy atom. The molecule has 1 heterocycles. The van der Waals surface area contributed by atoms with Crippen LogP contribution in [-0.4, -0.2) is 20.4 Å². The Balaban J connectivity index is 1.76. The van der Waals surface area contributed by atoms with Gasteiger partial charge in [-0.1, -0.05) is 72.8 Å². The molecule has 4 nitrogen and oxygen atoms in total. The van der Waals surface area contributed by atoms with E-state index in [-0.39, 0.29) is 12.6 Å². The predicted octanol–water partition coefficient (Wildman–Crippen LogP) is 3.60. The third-order valence-corrected chi connectivity index (χ3v) is 4.85. The molecule has 2 atom stereocenters.